The Kier molecular flexibility index (Phi) is 0.866. The Hall–Kier alpha value is -0.0800. The Labute approximate surface area is 49.6 Å². The summed E-state index contributed by atoms with van der Waals surface area (Å²) in [6, 6.07) is 0. The van der Waals surface area contributed by atoms with Gasteiger partial charge in [-0.3, -0.25) is 10.9 Å². The van der Waals surface area contributed by atoms with Crippen molar-refractivity contribution in [2.24, 2.45) is 5.41 Å². The maximum absolute atomic E-state index is 3.16. The number of rotatable bonds is 0. The van der Waals surface area contributed by atoms with Gasteiger partial charge >= 0.3 is 0 Å². The fourth-order valence-corrected chi connectivity index (χ4v) is 1.59. The summed E-state index contributed by atoms with van der Waals surface area (Å²) in [5, 5.41) is 0. The molecule has 1 saturated heterocycles. The molecule has 0 radical (unpaired) electrons. The SMILES string of the molecule is C1CC2(C1)CNNC2. The second-order valence-electron chi connectivity index (χ2n) is 3.06. The van der Waals surface area contributed by atoms with Gasteiger partial charge in [0.15, 0.2) is 0 Å². The molecule has 0 aromatic carbocycles. The molecule has 2 aliphatic rings. The molecule has 46 valence electrons. The molecule has 0 amide bonds. The highest BCUT2D eigenvalue weighted by Gasteiger charge is 2.39. The molecule has 2 rings (SSSR count). The zero-order chi connectivity index (χ0) is 5.45. The van der Waals surface area contributed by atoms with Crippen LogP contribution in [0.25, 0.3) is 0 Å². The van der Waals surface area contributed by atoms with E-state index < -0.39 is 0 Å². The zero-order valence-corrected chi connectivity index (χ0v) is 5.04. The van der Waals surface area contributed by atoms with Crippen LogP contribution in [-0.2, 0) is 0 Å². The van der Waals surface area contributed by atoms with Gasteiger partial charge in [-0.05, 0) is 18.3 Å². The van der Waals surface area contributed by atoms with Crippen molar-refractivity contribution in [3.63, 3.8) is 0 Å². The highest BCUT2D eigenvalue weighted by atomic mass is 15.4. The third-order valence-electron chi connectivity index (χ3n) is 2.47. The van der Waals surface area contributed by atoms with Crippen molar-refractivity contribution in [3.05, 3.63) is 0 Å². The quantitative estimate of drug-likeness (QED) is 0.470. The molecular weight excluding hydrogens is 100 g/mol. The van der Waals surface area contributed by atoms with Crippen LogP contribution in [0.5, 0.6) is 0 Å². The van der Waals surface area contributed by atoms with Crippen molar-refractivity contribution in [1.29, 1.82) is 0 Å². The van der Waals surface area contributed by atoms with Gasteiger partial charge in [-0.1, -0.05) is 6.42 Å². The lowest BCUT2D eigenvalue weighted by atomic mass is 9.70. The second kappa shape index (κ2) is 1.45. The Balaban J connectivity index is 2.01. The van der Waals surface area contributed by atoms with Crippen molar-refractivity contribution in [3.8, 4) is 0 Å². The third-order valence-corrected chi connectivity index (χ3v) is 2.47. The summed E-state index contributed by atoms with van der Waals surface area (Å²) in [6.45, 7) is 2.40. The molecule has 2 fully saturated rings. The van der Waals surface area contributed by atoms with Crippen LogP contribution in [-0.4, -0.2) is 13.1 Å². The van der Waals surface area contributed by atoms with Crippen molar-refractivity contribution in [2.75, 3.05) is 13.1 Å². The molecule has 2 heteroatoms. The minimum atomic E-state index is 0.694. The lowest BCUT2D eigenvalue weighted by Gasteiger charge is -2.36. The van der Waals surface area contributed by atoms with Crippen LogP contribution >= 0.6 is 0 Å². The smallest absolute Gasteiger partial charge is 0.0169 e. The first kappa shape index (κ1) is 4.77. The topological polar surface area (TPSA) is 24.1 Å². The van der Waals surface area contributed by atoms with Crippen LogP contribution in [0.1, 0.15) is 19.3 Å². The monoisotopic (exact) mass is 112 g/mol. The molecule has 2 nitrogen and oxygen atoms in total. The molecule has 0 bridgehead atoms. The fourth-order valence-electron chi connectivity index (χ4n) is 1.59. The molecule has 1 spiro atoms. The predicted molar refractivity (Wildman–Crippen MR) is 32.3 cm³/mol. The lowest BCUT2D eigenvalue weighted by molar-refractivity contribution is 0.178. The van der Waals surface area contributed by atoms with Crippen LogP contribution in [0.15, 0.2) is 0 Å². The van der Waals surface area contributed by atoms with Crippen LogP contribution in [0.4, 0.5) is 0 Å². The molecule has 1 aliphatic heterocycles. The third kappa shape index (κ3) is 0.501. The van der Waals surface area contributed by atoms with E-state index in [0.717, 1.165) is 0 Å². The van der Waals surface area contributed by atoms with Crippen LogP contribution in [0.2, 0.25) is 0 Å². The standard InChI is InChI=1S/C6H12N2/c1-2-6(3-1)4-7-8-5-6/h7-8H,1-5H2. The Bertz CT molecular complexity index is 88.7. The van der Waals surface area contributed by atoms with Crippen LogP contribution in [0.3, 0.4) is 0 Å². The van der Waals surface area contributed by atoms with Crippen LogP contribution < -0.4 is 10.9 Å². The predicted octanol–water partition coefficient (Wildman–Crippen LogP) is 0.265. The maximum atomic E-state index is 3.16. The fraction of sp³-hybridized carbons (Fsp3) is 1.00. The summed E-state index contributed by atoms with van der Waals surface area (Å²) in [6.07, 6.45) is 4.32. The minimum Gasteiger partial charge on any atom is -0.257 e. The molecule has 1 aliphatic carbocycles. The largest absolute Gasteiger partial charge is 0.257 e. The van der Waals surface area contributed by atoms with Gasteiger partial charge in [0.1, 0.15) is 0 Å². The van der Waals surface area contributed by atoms with E-state index in [0.29, 0.717) is 5.41 Å². The summed E-state index contributed by atoms with van der Waals surface area (Å²) in [4.78, 5) is 0. The summed E-state index contributed by atoms with van der Waals surface area (Å²) in [5.41, 5.74) is 7.02. The first-order valence-corrected chi connectivity index (χ1v) is 3.37. The Morgan fingerprint density at radius 1 is 1.00 bits per heavy atom. The van der Waals surface area contributed by atoms with Crippen molar-refractivity contribution >= 4 is 0 Å². The van der Waals surface area contributed by atoms with E-state index in [1.54, 1.807) is 0 Å². The summed E-state index contributed by atoms with van der Waals surface area (Å²) in [7, 11) is 0. The van der Waals surface area contributed by atoms with E-state index >= 15 is 0 Å². The van der Waals surface area contributed by atoms with Gasteiger partial charge in [0.05, 0.1) is 0 Å². The summed E-state index contributed by atoms with van der Waals surface area (Å²) >= 11 is 0. The first-order chi connectivity index (χ1) is 3.91. The Morgan fingerprint density at radius 2 is 1.62 bits per heavy atom. The van der Waals surface area contributed by atoms with Gasteiger partial charge in [0.2, 0.25) is 0 Å². The Morgan fingerprint density at radius 3 is 1.88 bits per heavy atom. The highest BCUT2D eigenvalue weighted by molar-refractivity contribution is 4.93. The number of hydrogen-bond acceptors (Lipinski definition) is 2. The first-order valence-electron chi connectivity index (χ1n) is 3.37. The lowest BCUT2D eigenvalue weighted by Crippen LogP contribution is -2.33. The highest BCUT2D eigenvalue weighted by Crippen LogP contribution is 2.40. The van der Waals surface area contributed by atoms with Gasteiger partial charge < -0.3 is 0 Å². The van der Waals surface area contributed by atoms with E-state index in [1.165, 1.54) is 32.4 Å². The normalized spacial score (nSPS) is 33.0. The molecule has 0 unspecified atom stereocenters. The average Bonchev–Trinajstić information content (AvgIpc) is 2.07. The van der Waals surface area contributed by atoms with Gasteiger partial charge in [0.25, 0.3) is 0 Å². The molecule has 2 N–H and O–H groups in total. The minimum absolute atomic E-state index is 0.694. The molecule has 8 heavy (non-hydrogen) atoms. The molecule has 0 aromatic rings. The summed E-state index contributed by atoms with van der Waals surface area (Å²) in [5.74, 6) is 0. The molecule has 1 saturated carbocycles. The van der Waals surface area contributed by atoms with Gasteiger partial charge in [-0.15, -0.1) is 0 Å². The van der Waals surface area contributed by atoms with Gasteiger partial charge in [0, 0.05) is 13.1 Å². The van der Waals surface area contributed by atoms with E-state index in [2.05, 4.69) is 10.9 Å². The number of hydrogen-bond donors (Lipinski definition) is 2. The maximum Gasteiger partial charge on any atom is 0.0169 e. The van der Waals surface area contributed by atoms with E-state index in [4.69, 9.17) is 0 Å². The average molecular weight is 112 g/mol. The van der Waals surface area contributed by atoms with Gasteiger partial charge in [-0.2, -0.15) is 0 Å². The summed E-state index contributed by atoms with van der Waals surface area (Å²) < 4.78 is 0. The zero-order valence-electron chi connectivity index (χ0n) is 5.04. The van der Waals surface area contributed by atoms with E-state index in [9.17, 15) is 0 Å². The molecule has 1 heterocycles. The van der Waals surface area contributed by atoms with Gasteiger partial charge in [-0.25, -0.2) is 0 Å². The van der Waals surface area contributed by atoms with Crippen LogP contribution in [0, 0.1) is 5.41 Å². The number of nitrogens with one attached hydrogen (secondary N) is 2. The van der Waals surface area contributed by atoms with Crippen molar-refractivity contribution in [1.82, 2.24) is 10.9 Å². The van der Waals surface area contributed by atoms with Crippen molar-refractivity contribution < 1.29 is 0 Å². The molecule has 0 aromatic heterocycles. The van der Waals surface area contributed by atoms with Crippen molar-refractivity contribution in [2.45, 2.75) is 19.3 Å². The molecular formula is C6H12N2. The molecule has 0 atom stereocenters. The second-order valence-corrected chi connectivity index (χ2v) is 3.06. The van der Waals surface area contributed by atoms with E-state index in [-0.39, 0.29) is 0 Å². The van der Waals surface area contributed by atoms with E-state index in [1.807, 2.05) is 0 Å². The number of hydrazine groups is 1.